The highest BCUT2D eigenvalue weighted by Gasteiger charge is 2.28. The Hall–Kier alpha value is -7.56. The summed E-state index contributed by atoms with van der Waals surface area (Å²) in [7, 11) is 6.61. The maximum absolute atomic E-state index is 14.0. The van der Waals surface area contributed by atoms with Crippen molar-refractivity contribution in [1.29, 1.82) is 0 Å². The van der Waals surface area contributed by atoms with Crippen LogP contribution in [-0.2, 0) is 39.8 Å². The number of hydrogen-bond acceptors (Lipinski definition) is 12. The number of aromatic nitrogens is 11. The van der Waals surface area contributed by atoms with Gasteiger partial charge < -0.3 is 28.8 Å². The van der Waals surface area contributed by atoms with E-state index < -0.39 is 5.91 Å². The molecule has 59 heavy (non-hydrogen) atoms. The SMILES string of the molecule is COc1ccc(Cn2c(-c3nc(C(=O)NCc4ccc(OC)cc4OC)cc4c3cnn4C)nnc2-c2c(OCc3ccccc3)c(C)nn2CCn2cnnc2)cc1. The number of fused-ring (bicyclic) bond motifs is 1. The molecule has 0 atom stereocenters. The summed E-state index contributed by atoms with van der Waals surface area (Å²) in [4.78, 5) is 18.9. The van der Waals surface area contributed by atoms with E-state index in [-0.39, 0.29) is 12.2 Å². The van der Waals surface area contributed by atoms with Crippen LogP contribution in [-0.4, -0.2) is 81.3 Å². The minimum atomic E-state index is -0.395. The number of hydrogen-bond donors (Lipinski definition) is 1. The smallest absolute Gasteiger partial charge is 0.270 e. The first-order valence-corrected chi connectivity index (χ1v) is 18.8. The summed E-state index contributed by atoms with van der Waals surface area (Å²) in [6, 6.07) is 24.9. The van der Waals surface area contributed by atoms with Crippen LogP contribution in [0.3, 0.4) is 0 Å². The molecule has 0 unspecified atom stereocenters. The zero-order valence-electron chi connectivity index (χ0n) is 33.2. The molecule has 0 spiro atoms. The molecule has 0 aliphatic heterocycles. The van der Waals surface area contributed by atoms with Crippen molar-refractivity contribution >= 4 is 16.8 Å². The van der Waals surface area contributed by atoms with Crippen LogP contribution >= 0.6 is 0 Å². The first kappa shape index (κ1) is 38.3. The normalized spacial score (nSPS) is 11.2. The van der Waals surface area contributed by atoms with Gasteiger partial charge in [-0.25, -0.2) is 4.98 Å². The maximum Gasteiger partial charge on any atom is 0.270 e. The Morgan fingerprint density at radius 3 is 2.31 bits per heavy atom. The van der Waals surface area contributed by atoms with Crippen molar-refractivity contribution in [2.24, 2.45) is 7.05 Å². The van der Waals surface area contributed by atoms with E-state index in [2.05, 4.69) is 20.6 Å². The summed E-state index contributed by atoms with van der Waals surface area (Å²) >= 11 is 0. The fourth-order valence-corrected chi connectivity index (χ4v) is 6.80. The van der Waals surface area contributed by atoms with Gasteiger partial charge in [0, 0.05) is 37.2 Å². The fourth-order valence-electron chi connectivity index (χ4n) is 6.80. The number of ether oxygens (including phenoxy) is 4. The second-order valence-corrected chi connectivity index (χ2v) is 13.7. The minimum absolute atomic E-state index is 0.172. The lowest BCUT2D eigenvalue weighted by molar-refractivity contribution is 0.0946. The number of carbonyl (C=O) groups excluding carboxylic acids is 1. The third-order valence-corrected chi connectivity index (χ3v) is 9.92. The van der Waals surface area contributed by atoms with Gasteiger partial charge >= 0.3 is 0 Å². The fraction of sp³-hybridized carbons (Fsp3) is 0.238. The number of aryl methyl sites for hydroxylation is 4. The predicted molar refractivity (Wildman–Crippen MR) is 217 cm³/mol. The Morgan fingerprint density at radius 2 is 1.56 bits per heavy atom. The first-order chi connectivity index (χ1) is 28.8. The van der Waals surface area contributed by atoms with Gasteiger partial charge in [-0.3, -0.25) is 18.7 Å². The Labute approximate surface area is 339 Å². The lowest BCUT2D eigenvalue weighted by Crippen LogP contribution is -2.24. The van der Waals surface area contributed by atoms with E-state index in [9.17, 15) is 4.79 Å². The zero-order chi connectivity index (χ0) is 40.9. The number of benzene rings is 3. The number of pyridine rings is 1. The van der Waals surface area contributed by atoms with Crippen molar-refractivity contribution < 1.29 is 23.7 Å². The quantitative estimate of drug-likeness (QED) is 0.134. The summed E-state index contributed by atoms with van der Waals surface area (Å²) in [6.07, 6.45) is 5.04. The monoisotopic (exact) mass is 794 g/mol. The van der Waals surface area contributed by atoms with Crippen LogP contribution in [0.25, 0.3) is 33.9 Å². The summed E-state index contributed by atoms with van der Waals surface area (Å²) in [5, 5.41) is 30.8. The Bertz CT molecular complexity index is 2700. The van der Waals surface area contributed by atoms with E-state index >= 15 is 0 Å². The molecule has 17 heteroatoms. The molecule has 17 nitrogen and oxygen atoms in total. The topological polar surface area (TPSA) is 176 Å². The molecule has 1 amide bonds. The van der Waals surface area contributed by atoms with Gasteiger partial charge in [0.25, 0.3) is 5.91 Å². The summed E-state index contributed by atoms with van der Waals surface area (Å²) in [5.74, 6) is 3.03. The first-order valence-electron chi connectivity index (χ1n) is 18.8. The molecule has 0 bridgehead atoms. The molecule has 5 heterocycles. The van der Waals surface area contributed by atoms with E-state index in [0.29, 0.717) is 83.1 Å². The molecule has 0 fully saturated rings. The van der Waals surface area contributed by atoms with Crippen LogP contribution in [0, 0.1) is 6.92 Å². The zero-order valence-corrected chi connectivity index (χ0v) is 33.2. The van der Waals surface area contributed by atoms with Crippen molar-refractivity contribution in [2.75, 3.05) is 21.3 Å². The van der Waals surface area contributed by atoms with E-state index in [0.717, 1.165) is 22.4 Å². The number of carbonyl (C=O) groups is 1. The number of nitrogens with zero attached hydrogens (tertiary/aromatic N) is 11. The third kappa shape index (κ3) is 8.03. The van der Waals surface area contributed by atoms with Crippen LogP contribution in [0.4, 0.5) is 0 Å². The summed E-state index contributed by atoms with van der Waals surface area (Å²) in [6.45, 7) is 3.72. The lowest BCUT2D eigenvalue weighted by Gasteiger charge is -2.15. The molecule has 5 aromatic heterocycles. The molecule has 3 aromatic carbocycles. The van der Waals surface area contributed by atoms with Gasteiger partial charge in [0.2, 0.25) is 0 Å². The Balaban J connectivity index is 1.25. The van der Waals surface area contributed by atoms with Gasteiger partial charge in [0.15, 0.2) is 17.4 Å². The van der Waals surface area contributed by atoms with Crippen molar-refractivity contribution in [3.8, 4) is 46.0 Å². The van der Waals surface area contributed by atoms with Gasteiger partial charge in [0.05, 0.1) is 46.1 Å². The van der Waals surface area contributed by atoms with E-state index in [4.69, 9.17) is 39.2 Å². The second kappa shape index (κ2) is 16.9. The molecule has 0 saturated heterocycles. The van der Waals surface area contributed by atoms with Gasteiger partial charge in [-0.2, -0.15) is 10.2 Å². The van der Waals surface area contributed by atoms with Crippen LogP contribution < -0.4 is 24.3 Å². The van der Waals surface area contributed by atoms with Crippen LogP contribution in [0.1, 0.15) is 32.9 Å². The number of amides is 1. The summed E-state index contributed by atoms with van der Waals surface area (Å²) in [5.41, 5.74) is 5.30. The van der Waals surface area contributed by atoms with Crippen molar-refractivity contribution in [3.63, 3.8) is 0 Å². The van der Waals surface area contributed by atoms with Crippen molar-refractivity contribution in [1.82, 2.24) is 59.4 Å². The molecule has 8 aromatic rings. The standard InChI is InChI=1S/C42H42N12O5/c1-27-39(59-24-29-9-7-6-8-10-29)38(54(50-27)18-17-52-25-44-45-26-52)41-49-48-40(53(41)23-28-11-14-31(56-3)15-12-28)37-33-22-46-51(2)35(33)20-34(47-37)42(55)43-21-30-13-16-32(57-4)19-36(30)58-5/h6-16,19-20,22,25-26H,17-18,21,23-24H2,1-5H3,(H,43,55). The second-order valence-electron chi connectivity index (χ2n) is 13.7. The third-order valence-electron chi connectivity index (χ3n) is 9.92. The van der Waals surface area contributed by atoms with E-state index in [1.807, 2.05) is 94.5 Å². The summed E-state index contributed by atoms with van der Waals surface area (Å²) < 4.78 is 30.4. The molecular formula is C42H42N12O5. The maximum atomic E-state index is 14.0. The van der Waals surface area contributed by atoms with Crippen molar-refractivity contribution in [2.45, 2.75) is 39.7 Å². The highest BCUT2D eigenvalue weighted by atomic mass is 16.5. The average Bonchev–Trinajstić information content (AvgIpc) is 4.08. The van der Waals surface area contributed by atoms with E-state index in [1.165, 1.54) is 0 Å². The van der Waals surface area contributed by atoms with E-state index in [1.54, 1.807) is 57.0 Å². The number of rotatable bonds is 16. The lowest BCUT2D eigenvalue weighted by atomic mass is 10.1. The highest BCUT2D eigenvalue weighted by Crippen LogP contribution is 2.37. The highest BCUT2D eigenvalue weighted by molar-refractivity contribution is 5.99. The van der Waals surface area contributed by atoms with Gasteiger partial charge in [-0.05, 0) is 48.4 Å². The van der Waals surface area contributed by atoms with Crippen LogP contribution in [0.2, 0.25) is 0 Å². The number of nitrogens with one attached hydrogen (secondary N) is 1. The van der Waals surface area contributed by atoms with Crippen LogP contribution in [0.15, 0.2) is 97.7 Å². The Morgan fingerprint density at radius 1 is 0.814 bits per heavy atom. The molecule has 0 aliphatic rings. The predicted octanol–water partition coefficient (Wildman–Crippen LogP) is 5.27. The minimum Gasteiger partial charge on any atom is -0.497 e. The average molecular weight is 795 g/mol. The van der Waals surface area contributed by atoms with Gasteiger partial charge in [-0.1, -0.05) is 42.5 Å². The Kier molecular flexibility index (Phi) is 11.0. The number of methoxy groups -OCH3 is 3. The van der Waals surface area contributed by atoms with Gasteiger partial charge in [0.1, 0.15) is 59.3 Å². The molecular weight excluding hydrogens is 753 g/mol. The molecule has 0 aliphatic carbocycles. The molecule has 0 radical (unpaired) electrons. The molecule has 8 rings (SSSR count). The molecule has 0 saturated carbocycles. The molecule has 1 N–H and O–H groups in total. The van der Waals surface area contributed by atoms with Crippen molar-refractivity contribution in [3.05, 3.63) is 126 Å². The largest absolute Gasteiger partial charge is 0.497 e. The van der Waals surface area contributed by atoms with Gasteiger partial charge in [-0.15, -0.1) is 20.4 Å². The van der Waals surface area contributed by atoms with Crippen LogP contribution in [0.5, 0.6) is 23.0 Å². The molecule has 300 valence electrons.